The van der Waals surface area contributed by atoms with Crippen molar-refractivity contribution >= 4 is 5.91 Å². The molecule has 35 heavy (non-hydrogen) atoms. The molecule has 1 aromatic heterocycles. The summed E-state index contributed by atoms with van der Waals surface area (Å²) in [7, 11) is 3.21. The lowest BCUT2D eigenvalue weighted by molar-refractivity contribution is -0.126. The van der Waals surface area contributed by atoms with Gasteiger partial charge < -0.3 is 19.3 Å². The molecule has 1 saturated heterocycles. The topological polar surface area (TPSA) is 89.7 Å². The van der Waals surface area contributed by atoms with Gasteiger partial charge in [-0.2, -0.15) is 4.98 Å². The summed E-state index contributed by atoms with van der Waals surface area (Å²) in [5.41, 5.74) is 1.63. The molecule has 186 valence electrons. The molecule has 2 heterocycles. The standard InChI is InChI=1S/C26H31FN4O4/c1-17(25(32)28-12-11-18-9-10-22(33-2)23(14-18)34-3)31-13-5-7-20(16-31)26-29-24(30-35-26)19-6-4-8-21(27)15-19/h4,6,8-10,14-15,17,20H,5,7,11-13,16H2,1-3H3,(H,28,32). The third-order valence-corrected chi connectivity index (χ3v) is 6.41. The van der Waals surface area contributed by atoms with E-state index in [4.69, 9.17) is 14.0 Å². The van der Waals surface area contributed by atoms with Crippen LogP contribution < -0.4 is 14.8 Å². The van der Waals surface area contributed by atoms with Crippen molar-refractivity contribution in [1.29, 1.82) is 0 Å². The summed E-state index contributed by atoms with van der Waals surface area (Å²) in [4.78, 5) is 19.5. The van der Waals surface area contributed by atoms with Crippen molar-refractivity contribution in [2.75, 3.05) is 33.9 Å². The number of rotatable bonds is 9. The Kier molecular flexibility index (Phi) is 7.97. The summed E-state index contributed by atoms with van der Waals surface area (Å²) in [5.74, 6) is 1.91. The summed E-state index contributed by atoms with van der Waals surface area (Å²) in [6.45, 7) is 3.91. The maximum absolute atomic E-state index is 13.5. The van der Waals surface area contributed by atoms with Crippen molar-refractivity contribution in [3.63, 3.8) is 0 Å². The second-order valence-electron chi connectivity index (χ2n) is 8.71. The van der Waals surface area contributed by atoms with Gasteiger partial charge in [0.2, 0.25) is 17.6 Å². The van der Waals surface area contributed by atoms with E-state index in [1.807, 2.05) is 25.1 Å². The Balaban J connectivity index is 1.31. The minimum absolute atomic E-state index is 0.0166. The first-order valence-corrected chi connectivity index (χ1v) is 11.8. The average Bonchev–Trinajstić information content (AvgIpc) is 3.39. The average molecular weight is 483 g/mol. The van der Waals surface area contributed by atoms with E-state index in [-0.39, 0.29) is 23.7 Å². The van der Waals surface area contributed by atoms with Gasteiger partial charge in [-0.3, -0.25) is 9.69 Å². The van der Waals surface area contributed by atoms with E-state index in [1.54, 1.807) is 26.4 Å². The Morgan fingerprint density at radius 3 is 2.83 bits per heavy atom. The maximum Gasteiger partial charge on any atom is 0.237 e. The Bertz CT molecular complexity index is 1150. The predicted molar refractivity (Wildman–Crippen MR) is 129 cm³/mol. The lowest BCUT2D eigenvalue weighted by Gasteiger charge is -2.34. The van der Waals surface area contributed by atoms with Gasteiger partial charge in [0.1, 0.15) is 5.82 Å². The Labute approximate surface area is 204 Å². The number of piperidine rings is 1. The number of amides is 1. The third kappa shape index (κ3) is 5.97. The Hall–Kier alpha value is -3.46. The minimum atomic E-state index is -0.344. The summed E-state index contributed by atoms with van der Waals surface area (Å²) >= 11 is 0. The lowest BCUT2D eigenvalue weighted by atomic mass is 9.96. The number of hydrogen-bond donors (Lipinski definition) is 1. The van der Waals surface area contributed by atoms with Crippen LogP contribution in [-0.2, 0) is 11.2 Å². The molecule has 1 N–H and O–H groups in total. The highest BCUT2D eigenvalue weighted by Crippen LogP contribution is 2.29. The van der Waals surface area contributed by atoms with E-state index in [2.05, 4.69) is 20.4 Å². The molecule has 0 bridgehead atoms. The first-order chi connectivity index (χ1) is 17.0. The van der Waals surface area contributed by atoms with E-state index in [9.17, 15) is 9.18 Å². The van der Waals surface area contributed by atoms with Crippen molar-refractivity contribution < 1.29 is 23.2 Å². The number of carbonyl (C=O) groups is 1. The van der Waals surface area contributed by atoms with Crippen LogP contribution in [0.5, 0.6) is 11.5 Å². The number of hydrogen-bond acceptors (Lipinski definition) is 7. The molecule has 2 unspecified atom stereocenters. The van der Waals surface area contributed by atoms with Crippen molar-refractivity contribution in [2.24, 2.45) is 0 Å². The van der Waals surface area contributed by atoms with Gasteiger partial charge in [-0.1, -0.05) is 23.4 Å². The van der Waals surface area contributed by atoms with Gasteiger partial charge in [0.05, 0.1) is 26.2 Å². The number of nitrogens with one attached hydrogen (secondary N) is 1. The summed E-state index contributed by atoms with van der Waals surface area (Å²) in [6.07, 6.45) is 2.51. The van der Waals surface area contributed by atoms with Crippen LogP contribution in [0.3, 0.4) is 0 Å². The van der Waals surface area contributed by atoms with Crippen molar-refractivity contribution in [3.8, 4) is 22.9 Å². The fraction of sp³-hybridized carbons (Fsp3) is 0.423. The van der Waals surface area contributed by atoms with Gasteiger partial charge >= 0.3 is 0 Å². The molecule has 9 heteroatoms. The molecule has 1 amide bonds. The molecular weight excluding hydrogens is 451 g/mol. The first kappa shape index (κ1) is 24.7. The molecule has 0 saturated carbocycles. The smallest absolute Gasteiger partial charge is 0.237 e. The molecule has 1 aliphatic heterocycles. The highest BCUT2D eigenvalue weighted by Gasteiger charge is 2.31. The number of carbonyl (C=O) groups excluding carboxylic acids is 1. The zero-order chi connectivity index (χ0) is 24.8. The van der Waals surface area contributed by atoms with E-state index in [0.29, 0.717) is 48.3 Å². The van der Waals surface area contributed by atoms with E-state index in [1.165, 1.54) is 12.1 Å². The molecule has 2 atom stereocenters. The second-order valence-corrected chi connectivity index (χ2v) is 8.71. The van der Waals surface area contributed by atoms with Crippen molar-refractivity contribution in [2.45, 2.75) is 38.1 Å². The number of benzene rings is 2. The van der Waals surface area contributed by atoms with Gasteiger partial charge in [-0.25, -0.2) is 4.39 Å². The molecule has 0 radical (unpaired) electrons. The molecule has 1 fully saturated rings. The van der Waals surface area contributed by atoms with Crippen molar-refractivity contribution in [3.05, 3.63) is 59.7 Å². The normalized spacial score (nSPS) is 17.1. The van der Waals surface area contributed by atoms with Crippen LogP contribution in [-0.4, -0.2) is 60.8 Å². The zero-order valence-corrected chi connectivity index (χ0v) is 20.3. The number of nitrogens with zero attached hydrogens (tertiary/aromatic N) is 3. The Morgan fingerprint density at radius 1 is 1.23 bits per heavy atom. The van der Waals surface area contributed by atoms with Crippen LogP contribution in [0, 0.1) is 5.82 Å². The molecule has 0 spiro atoms. The van der Waals surface area contributed by atoms with Gasteiger partial charge in [-0.15, -0.1) is 0 Å². The number of ether oxygens (including phenoxy) is 2. The van der Waals surface area contributed by atoms with E-state index >= 15 is 0 Å². The lowest BCUT2D eigenvalue weighted by Crippen LogP contribution is -2.49. The Morgan fingerprint density at radius 2 is 2.06 bits per heavy atom. The molecule has 2 aromatic carbocycles. The molecule has 3 aromatic rings. The molecule has 1 aliphatic rings. The third-order valence-electron chi connectivity index (χ3n) is 6.41. The zero-order valence-electron chi connectivity index (χ0n) is 20.3. The van der Waals surface area contributed by atoms with Gasteiger partial charge in [0.25, 0.3) is 0 Å². The molecule has 8 nitrogen and oxygen atoms in total. The number of aromatic nitrogens is 2. The fourth-order valence-corrected chi connectivity index (χ4v) is 4.39. The monoisotopic (exact) mass is 482 g/mol. The molecule has 4 rings (SSSR count). The van der Waals surface area contributed by atoms with Crippen molar-refractivity contribution in [1.82, 2.24) is 20.4 Å². The summed E-state index contributed by atoms with van der Waals surface area (Å²) in [6, 6.07) is 11.6. The number of halogens is 1. The largest absolute Gasteiger partial charge is 0.493 e. The maximum atomic E-state index is 13.5. The second kappa shape index (κ2) is 11.3. The van der Waals surface area contributed by atoms with Crippen LogP contribution in [0.1, 0.15) is 37.1 Å². The highest BCUT2D eigenvalue weighted by atomic mass is 19.1. The SMILES string of the molecule is COc1ccc(CCNC(=O)C(C)N2CCCC(c3nc(-c4cccc(F)c4)no3)C2)cc1OC. The van der Waals surface area contributed by atoms with E-state index < -0.39 is 0 Å². The first-order valence-electron chi connectivity index (χ1n) is 11.8. The number of methoxy groups -OCH3 is 2. The quantitative estimate of drug-likeness (QED) is 0.496. The fourth-order valence-electron chi connectivity index (χ4n) is 4.39. The van der Waals surface area contributed by atoms with E-state index in [0.717, 1.165) is 24.9 Å². The highest BCUT2D eigenvalue weighted by molar-refractivity contribution is 5.81. The van der Waals surface area contributed by atoms with Crippen LogP contribution in [0.15, 0.2) is 47.0 Å². The molecule has 0 aliphatic carbocycles. The minimum Gasteiger partial charge on any atom is -0.493 e. The number of likely N-dealkylation sites (tertiary alicyclic amines) is 1. The summed E-state index contributed by atoms with van der Waals surface area (Å²) in [5, 5.41) is 7.07. The predicted octanol–water partition coefficient (Wildman–Crippen LogP) is 3.82. The molecular formula is C26H31FN4O4. The van der Waals surface area contributed by atoms with Crippen LogP contribution >= 0.6 is 0 Å². The summed E-state index contributed by atoms with van der Waals surface area (Å²) < 4.78 is 29.7. The van der Waals surface area contributed by atoms with Gasteiger partial charge in [0, 0.05) is 18.7 Å². The van der Waals surface area contributed by atoms with Crippen LogP contribution in [0.4, 0.5) is 4.39 Å². The van der Waals surface area contributed by atoms with Crippen LogP contribution in [0.25, 0.3) is 11.4 Å². The van der Waals surface area contributed by atoms with Crippen LogP contribution in [0.2, 0.25) is 0 Å². The van der Waals surface area contributed by atoms with Gasteiger partial charge in [-0.05, 0) is 62.6 Å². The van der Waals surface area contributed by atoms with Gasteiger partial charge in [0.15, 0.2) is 11.5 Å².